The first kappa shape index (κ1) is 15.3. The van der Waals surface area contributed by atoms with Crippen LogP contribution in [-0.4, -0.2) is 27.6 Å². The highest BCUT2D eigenvalue weighted by Crippen LogP contribution is 2.21. The standard InChI is InChI=1S/C14H17N3O3S/c1-15-14-13(7-4-8-16-14)21(18,19)17-12-6-3-5-11(9-12)10-20-2/h3-9,17H,10H2,1-2H3,(H,15,16). The summed E-state index contributed by atoms with van der Waals surface area (Å²) in [6.07, 6.45) is 1.53. The van der Waals surface area contributed by atoms with Crippen LogP contribution in [0.25, 0.3) is 0 Å². The molecule has 0 saturated carbocycles. The summed E-state index contributed by atoms with van der Waals surface area (Å²) in [6.45, 7) is 0.421. The van der Waals surface area contributed by atoms with Crippen LogP contribution in [0.3, 0.4) is 0 Å². The van der Waals surface area contributed by atoms with E-state index in [-0.39, 0.29) is 4.90 Å². The van der Waals surface area contributed by atoms with Crippen molar-refractivity contribution in [2.24, 2.45) is 0 Å². The van der Waals surface area contributed by atoms with Crippen molar-refractivity contribution in [2.75, 3.05) is 24.2 Å². The lowest BCUT2D eigenvalue weighted by molar-refractivity contribution is 0.185. The third kappa shape index (κ3) is 3.71. The minimum absolute atomic E-state index is 0.102. The maximum Gasteiger partial charge on any atom is 0.265 e. The number of aromatic nitrogens is 1. The van der Waals surface area contributed by atoms with Crippen LogP contribution in [0.4, 0.5) is 11.5 Å². The van der Waals surface area contributed by atoms with Crippen molar-refractivity contribution >= 4 is 21.5 Å². The van der Waals surface area contributed by atoms with Crippen molar-refractivity contribution in [2.45, 2.75) is 11.5 Å². The third-order valence-corrected chi connectivity index (χ3v) is 4.20. The molecule has 1 aromatic carbocycles. The third-order valence-electron chi connectivity index (χ3n) is 2.79. The maximum absolute atomic E-state index is 12.4. The fraction of sp³-hybridized carbons (Fsp3) is 0.214. The Morgan fingerprint density at radius 1 is 1.24 bits per heavy atom. The zero-order chi connectivity index (χ0) is 15.3. The number of hydrogen-bond acceptors (Lipinski definition) is 5. The number of rotatable bonds is 6. The molecule has 0 unspecified atom stereocenters. The molecule has 1 aromatic heterocycles. The highest BCUT2D eigenvalue weighted by Gasteiger charge is 2.18. The number of nitrogens with zero attached hydrogens (tertiary/aromatic N) is 1. The van der Waals surface area contributed by atoms with Crippen molar-refractivity contribution in [3.63, 3.8) is 0 Å². The quantitative estimate of drug-likeness (QED) is 0.854. The molecule has 0 radical (unpaired) electrons. The van der Waals surface area contributed by atoms with Crippen molar-refractivity contribution < 1.29 is 13.2 Å². The van der Waals surface area contributed by atoms with E-state index < -0.39 is 10.0 Å². The van der Waals surface area contributed by atoms with Crippen molar-refractivity contribution in [3.05, 3.63) is 48.2 Å². The minimum atomic E-state index is -3.70. The van der Waals surface area contributed by atoms with Crippen molar-refractivity contribution in [3.8, 4) is 0 Å². The summed E-state index contributed by atoms with van der Waals surface area (Å²) in [6, 6.07) is 10.1. The molecule has 0 amide bonds. The van der Waals surface area contributed by atoms with Gasteiger partial charge in [0.2, 0.25) is 0 Å². The highest BCUT2D eigenvalue weighted by atomic mass is 32.2. The summed E-state index contributed by atoms with van der Waals surface area (Å²) in [5.41, 5.74) is 1.37. The van der Waals surface area contributed by atoms with E-state index in [0.717, 1.165) is 5.56 Å². The Morgan fingerprint density at radius 3 is 2.76 bits per heavy atom. The molecule has 0 spiro atoms. The lowest BCUT2D eigenvalue weighted by atomic mass is 10.2. The summed E-state index contributed by atoms with van der Waals surface area (Å²) in [5.74, 6) is 0.304. The predicted octanol–water partition coefficient (Wildman–Crippen LogP) is 2.07. The van der Waals surface area contributed by atoms with Gasteiger partial charge in [-0.1, -0.05) is 12.1 Å². The summed E-state index contributed by atoms with van der Waals surface area (Å²) in [7, 11) is -0.489. The van der Waals surface area contributed by atoms with Crippen LogP contribution < -0.4 is 10.0 Å². The molecule has 2 N–H and O–H groups in total. The molecule has 1 heterocycles. The Kier molecular flexibility index (Phi) is 4.77. The Hall–Kier alpha value is -2.12. The first-order valence-corrected chi connectivity index (χ1v) is 7.78. The molecular formula is C14H17N3O3S. The smallest absolute Gasteiger partial charge is 0.265 e. The van der Waals surface area contributed by atoms with E-state index in [1.54, 1.807) is 38.4 Å². The number of pyridine rings is 1. The zero-order valence-electron chi connectivity index (χ0n) is 11.8. The summed E-state index contributed by atoms with van der Waals surface area (Å²) in [5, 5.41) is 2.77. The van der Waals surface area contributed by atoms with E-state index in [9.17, 15) is 8.42 Å². The van der Waals surface area contributed by atoms with Crippen LogP contribution in [0.1, 0.15) is 5.56 Å². The Bertz CT molecular complexity index is 717. The molecule has 21 heavy (non-hydrogen) atoms. The maximum atomic E-state index is 12.4. The molecule has 0 fully saturated rings. The van der Waals surface area contributed by atoms with Gasteiger partial charge in [-0.05, 0) is 29.8 Å². The molecule has 0 atom stereocenters. The van der Waals surface area contributed by atoms with Crippen LogP contribution in [0.2, 0.25) is 0 Å². The SMILES string of the molecule is CNc1ncccc1S(=O)(=O)Nc1cccc(COC)c1. The molecule has 112 valence electrons. The Morgan fingerprint density at radius 2 is 2.05 bits per heavy atom. The first-order valence-electron chi connectivity index (χ1n) is 6.30. The number of benzene rings is 1. The summed E-state index contributed by atoms with van der Waals surface area (Å²) < 4.78 is 32.4. The van der Waals surface area contributed by atoms with Gasteiger partial charge < -0.3 is 10.1 Å². The van der Waals surface area contributed by atoms with E-state index in [1.807, 2.05) is 6.07 Å². The van der Waals surface area contributed by atoms with Crippen LogP contribution in [0, 0.1) is 0 Å². The van der Waals surface area contributed by atoms with Crippen LogP contribution in [-0.2, 0) is 21.4 Å². The Labute approximate surface area is 124 Å². The molecule has 7 heteroatoms. The fourth-order valence-corrected chi connectivity index (χ4v) is 3.11. The van der Waals surface area contributed by atoms with Gasteiger partial charge in [0.1, 0.15) is 10.7 Å². The Balaban J connectivity index is 2.31. The molecular weight excluding hydrogens is 290 g/mol. The number of methoxy groups -OCH3 is 1. The zero-order valence-corrected chi connectivity index (χ0v) is 12.6. The average Bonchev–Trinajstić information content (AvgIpc) is 2.47. The molecule has 0 aliphatic carbocycles. The number of hydrogen-bond donors (Lipinski definition) is 2. The largest absolute Gasteiger partial charge is 0.380 e. The average molecular weight is 307 g/mol. The molecule has 6 nitrogen and oxygen atoms in total. The molecule has 0 bridgehead atoms. The minimum Gasteiger partial charge on any atom is -0.380 e. The van der Waals surface area contributed by atoms with E-state index in [1.165, 1.54) is 12.3 Å². The van der Waals surface area contributed by atoms with E-state index in [2.05, 4.69) is 15.0 Å². The molecule has 0 aliphatic heterocycles. The van der Waals surface area contributed by atoms with E-state index in [0.29, 0.717) is 18.1 Å². The van der Waals surface area contributed by atoms with Gasteiger partial charge in [-0.25, -0.2) is 13.4 Å². The number of nitrogens with one attached hydrogen (secondary N) is 2. The van der Waals surface area contributed by atoms with E-state index in [4.69, 9.17) is 4.74 Å². The molecule has 0 aliphatic rings. The first-order chi connectivity index (χ1) is 10.1. The second-order valence-electron chi connectivity index (χ2n) is 4.34. The van der Waals surface area contributed by atoms with Crippen LogP contribution >= 0.6 is 0 Å². The van der Waals surface area contributed by atoms with Crippen molar-refractivity contribution in [1.82, 2.24) is 4.98 Å². The predicted molar refractivity (Wildman–Crippen MR) is 81.7 cm³/mol. The summed E-state index contributed by atoms with van der Waals surface area (Å²) in [4.78, 5) is 4.10. The van der Waals surface area contributed by atoms with E-state index >= 15 is 0 Å². The number of anilines is 2. The van der Waals surface area contributed by atoms with Gasteiger partial charge in [-0.3, -0.25) is 4.72 Å². The molecule has 2 rings (SSSR count). The molecule has 2 aromatic rings. The number of sulfonamides is 1. The fourth-order valence-electron chi connectivity index (χ4n) is 1.90. The second kappa shape index (κ2) is 6.55. The second-order valence-corrected chi connectivity index (χ2v) is 5.99. The monoisotopic (exact) mass is 307 g/mol. The van der Waals surface area contributed by atoms with Gasteiger partial charge in [-0.2, -0.15) is 0 Å². The van der Waals surface area contributed by atoms with Crippen molar-refractivity contribution in [1.29, 1.82) is 0 Å². The van der Waals surface area contributed by atoms with Gasteiger partial charge in [0.25, 0.3) is 10.0 Å². The van der Waals surface area contributed by atoms with Gasteiger partial charge in [0.05, 0.1) is 6.61 Å². The van der Waals surface area contributed by atoms with Gasteiger partial charge in [-0.15, -0.1) is 0 Å². The highest BCUT2D eigenvalue weighted by molar-refractivity contribution is 7.92. The normalized spacial score (nSPS) is 11.1. The number of ether oxygens (including phenoxy) is 1. The topological polar surface area (TPSA) is 80.3 Å². The van der Waals surface area contributed by atoms with Crippen LogP contribution in [0.5, 0.6) is 0 Å². The van der Waals surface area contributed by atoms with Gasteiger partial charge in [0, 0.05) is 26.0 Å². The lowest BCUT2D eigenvalue weighted by Crippen LogP contribution is -2.15. The van der Waals surface area contributed by atoms with Gasteiger partial charge in [0.15, 0.2) is 0 Å². The van der Waals surface area contributed by atoms with Crippen LogP contribution in [0.15, 0.2) is 47.5 Å². The molecule has 0 saturated heterocycles. The summed E-state index contributed by atoms with van der Waals surface area (Å²) >= 11 is 0. The lowest BCUT2D eigenvalue weighted by Gasteiger charge is -2.11. The van der Waals surface area contributed by atoms with Gasteiger partial charge >= 0.3 is 0 Å².